The number of hydrogen-bond donors (Lipinski definition) is 3. The lowest BCUT2D eigenvalue weighted by Gasteiger charge is -2.10. The lowest BCUT2D eigenvalue weighted by molar-refractivity contribution is -0.139. The van der Waals surface area contributed by atoms with Gasteiger partial charge in [-0.15, -0.1) is 0 Å². The van der Waals surface area contributed by atoms with Crippen LogP contribution in [0, 0.1) is 0 Å². The van der Waals surface area contributed by atoms with Crippen LogP contribution in [0.4, 0.5) is 0 Å². The highest BCUT2D eigenvalue weighted by Gasteiger charge is 2.17. The number of rotatable bonds is 5. The third-order valence-corrected chi connectivity index (χ3v) is 2.79. The van der Waals surface area contributed by atoms with E-state index >= 15 is 0 Å². The molecule has 3 N–H and O–H groups in total. The minimum atomic E-state index is -1.29. The second-order valence-corrected chi connectivity index (χ2v) is 4.17. The van der Waals surface area contributed by atoms with Crippen molar-refractivity contribution in [1.29, 1.82) is 0 Å². The molecule has 0 fully saturated rings. The molecule has 21 heavy (non-hydrogen) atoms. The van der Waals surface area contributed by atoms with E-state index in [1.165, 1.54) is 30.3 Å². The van der Waals surface area contributed by atoms with Crippen LogP contribution in [0.1, 0.15) is 20.7 Å². The molecular formula is C14H10O7. The average Bonchev–Trinajstić information content (AvgIpc) is 2.43. The Morgan fingerprint density at radius 3 is 2.24 bits per heavy atom. The number of carboxylic acids is 3. The van der Waals surface area contributed by atoms with Gasteiger partial charge < -0.3 is 20.1 Å². The van der Waals surface area contributed by atoms with Gasteiger partial charge in [0.2, 0.25) is 0 Å². The summed E-state index contributed by atoms with van der Waals surface area (Å²) in [6.07, 6.45) is 0. The van der Waals surface area contributed by atoms with E-state index in [0.717, 1.165) is 0 Å². The number of carboxylic acid groups (broad SMARTS) is 3. The number of benzene rings is 2. The van der Waals surface area contributed by atoms with Crippen molar-refractivity contribution in [1.82, 2.24) is 0 Å². The number of carbonyl (C=O) groups is 3. The van der Waals surface area contributed by atoms with Gasteiger partial charge in [-0.05, 0) is 29.0 Å². The van der Waals surface area contributed by atoms with E-state index < -0.39 is 24.5 Å². The van der Waals surface area contributed by atoms with Gasteiger partial charge in [0.05, 0.1) is 5.56 Å². The van der Waals surface area contributed by atoms with Crippen molar-refractivity contribution in [3.05, 3.63) is 41.5 Å². The number of ether oxygens (including phenoxy) is 1. The Bertz CT molecular complexity index is 748. The molecular weight excluding hydrogens is 280 g/mol. The zero-order chi connectivity index (χ0) is 15.6. The predicted octanol–water partition coefficient (Wildman–Crippen LogP) is 1.70. The molecule has 0 saturated carbocycles. The van der Waals surface area contributed by atoms with E-state index in [1.54, 1.807) is 0 Å². The molecule has 7 heteroatoms. The largest absolute Gasteiger partial charge is 0.481 e. The molecule has 7 nitrogen and oxygen atoms in total. The maximum Gasteiger partial charge on any atom is 0.341 e. The zero-order valence-electron chi connectivity index (χ0n) is 10.6. The van der Waals surface area contributed by atoms with Crippen LogP contribution >= 0.6 is 0 Å². The number of aliphatic carboxylic acids is 1. The van der Waals surface area contributed by atoms with Crippen LogP contribution in [0.15, 0.2) is 30.3 Å². The highest BCUT2D eigenvalue weighted by molar-refractivity contribution is 6.07. The fraction of sp³-hybridized carbons (Fsp3) is 0.0714. The van der Waals surface area contributed by atoms with Crippen molar-refractivity contribution in [3.63, 3.8) is 0 Å². The summed E-state index contributed by atoms with van der Waals surface area (Å²) in [4.78, 5) is 32.8. The summed E-state index contributed by atoms with van der Waals surface area (Å²) in [5, 5.41) is 27.4. The lowest BCUT2D eigenvalue weighted by atomic mass is 10.0. The summed E-state index contributed by atoms with van der Waals surface area (Å²) in [6.45, 7) is -0.668. The molecule has 0 atom stereocenters. The smallest absolute Gasteiger partial charge is 0.341 e. The van der Waals surface area contributed by atoms with Gasteiger partial charge in [0.1, 0.15) is 11.3 Å². The second-order valence-electron chi connectivity index (χ2n) is 4.17. The molecule has 2 aromatic carbocycles. The van der Waals surface area contributed by atoms with E-state index in [0.29, 0.717) is 5.39 Å². The number of aromatic carboxylic acids is 2. The van der Waals surface area contributed by atoms with Crippen LogP contribution in [0.5, 0.6) is 5.75 Å². The van der Waals surface area contributed by atoms with E-state index in [1.807, 2.05) is 0 Å². The molecule has 0 amide bonds. The van der Waals surface area contributed by atoms with Gasteiger partial charge in [0, 0.05) is 0 Å². The first-order chi connectivity index (χ1) is 9.90. The van der Waals surface area contributed by atoms with Crippen LogP contribution in [-0.4, -0.2) is 39.8 Å². The van der Waals surface area contributed by atoms with E-state index in [4.69, 9.17) is 14.9 Å². The molecule has 0 aliphatic heterocycles. The SMILES string of the molecule is O=C(O)COc1ccc2cc(C(=O)O)ccc2c1C(=O)O. The average molecular weight is 290 g/mol. The lowest BCUT2D eigenvalue weighted by Crippen LogP contribution is -2.12. The number of fused-ring (bicyclic) bond motifs is 1. The van der Waals surface area contributed by atoms with E-state index in [-0.39, 0.29) is 22.3 Å². The maximum atomic E-state index is 11.4. The molecule has 0 unspecified atom stereocenters. The Labute approximate surface area is 118 Å². The fourth-order valence-corrected chi connectivity index (χ4v) is 1.92. The standard InChI is InChI=1S/C14H10O7/c15-11(16)6-21-10-4-2-7-5-8(13(17)18)1-3-9(7)12(10)14(19)20/h1-5H,6H2,(H,15,16)(H,17,18)(H,19,20). The zero-order valence-corrected chi connectivity index (χ0v) is 10.6. The van der Waals surface area contributed by atoms with E-state index in [9.17, 15) is 19.5 Å². The Kier molecular flexibility index (Phi) is 3.75. The van der Waals surface area contributed by atoms with Crippen molar-refractivity contribution in [2.45, 2.75) is 0 Å². The number of hydrogen-bond acceptors (Lipinski definition) is 4. The molecule has 2 aromatic rings. The molecule has 108 valence electrons. The Morgan fingerprint density at radius 2 is 1.67 bits per heavy atom. The summed E-state index contributed by atoms with van der Waals surface area (Å²) in [7, 11) is 0. The topological polar surface area (TPSA) is 121 Å². The normalized spacial score (nSPS) is 10.3. The van der Waals surface area contributed by atoms with Gasteiger partial charge in [0.15, 0.2) is 6.61 Å². The molecule has 0 aliphatic rings. The molecule has 0 spiro atoms. The Balaban J connectivity index is 2.60. The molecule has 0 saturated heterocycles. The quantitative estimate of drug-likeness (QED) is 0.766. The van der Waals surface area contributed by atoms with Gasteiger partial charge in [-0.1, -0.05) is 12.1 Å². The van der Waals surface area contributed by atoms with Crippen molar-refractivity contribution in [2.75, 3.05) is 6.61 Å². The van der Waals surface area contributed by atoms with Gasteiger partial charge in [-0.3, -0.25) is 0 Å². The minimum absolute atomic E-state index is 0.0260. The fourth-order valence-electron chi connectivity index (χ4n) is 1.92. The van der Waals surface area contributed by atoms with Crippen LogP contribution in [0.2, 0.25) is 0 Å². The first-order valence-electron chi connectivity index (χ1n) is 5.78. The second kappa shape index (κ2) is 5.49. The van der Waals surface area contributed by atoms with Crippen LogP contribution in [0.3, 0.4) is 0 Å². The molecule has 0 bridgehead atoms. The van der Waals surface area contributed by atoms with Crippen molar-refractivity contribution < 1.29 is 34.4 Å². The van der Waals surface area contributed by atoms with Crippen LogP contribution < -0.4 is 4.74 Å². The van der Waals surface area contributed by atoms with Crippen molar-refractivity contribution in [3.8, 4) is 5.75 Å². The highest BCUT2D eigenvalue weighted by Crippen LogP contribution is 2.29. The molecule has 0 radical (unpaired) electrons. The summed E-state index contributed by atoms with van der Waals surface area (Å²) in [5.74, 6) is -3.72. The van der Waals surface area contributed by atoms with Gasteiger partial charge in [-0.2, -0.15) is 0 Å². The third kappa shape index (κ3) is 2.92. The summed E-state index contributed by atoms with van der Waals surface area (Å²) >= 11 is 0. The van der Waals surface area contributed by atoms with Gasteiger partial charge in [-0.25, -0.2) is 14.4 Å². The molecule has 2 rings (SSSR count). The Hall–Kier alpha value is -3.09. The van der Waals surface area contributed by atoms with E-state index in [2.05, 4.69) is 0 Å². The first-order valence-corrected chi connectivity index (χ1v) is 5.78. The Morgan fingerprint density at radius 1 is 0.952 bits per heavy atom. The van der Waals surface area contributed by atoms with Crippen LogP contribution in [-0.2, 0) is 4.79 Å². The monoisotopic (exact) mass is 290 g/mol. The maximum absolute atomic E-state index is 11.4. The summed E-state index contributed by atoms with van der Waals surface area (Å²) in [5.41, 5.74) is -0.177. The third-order valence-electron chi connectivity index (χ3n) is 2.79. The highest BCUT2D eigenvalue weighted by atomic mass is 16.5. The minimum Gasteiger partial charge on any atom is -0.481 e. The summed E-state index contributed by atoms with van der Waals surface area (Å²) in [6, 6.07) is 6.75. The van der Waals surface area contributed by atoms with Crippen molar-refractivity contribution >= 4 is 28.7 Å². The van der Waals surface area contributed by atoms with Gasteiger partial charge >= 0.3 is 17.9 Å². The molecule has 0 aliphatic carbocycles. The van der Waals surface area contributed by atoms with Crippen LogP contribution in [0.25, 0.3) is 10.8 Å². The molecule has 0 aromatic heterocycles. The molecule has 0 heterocycles. The summed E-state index contributed by atoms with van der Waals surface area (Å²) < 4.78 is 4.95. The van der Waals surface area contributed by atoms with Crippen molar-refractivity contribution in [2.24, 2.45) is 0 Å². The first kappa shape index (κ1) is 14.3. The van der Waals surface area contributed by atoms with Gasteiger partial charge in [0.25, 0.3) is 0 Å². The predicted molar refractivity (Wildman–Crippen MR) is 71.0 cm³/mol.